The standard InChI is InChI=1S/C12H11N3O3/c13-12-14-6-10(7-15-12)18-9-3-1-8(2-4-9)5-11(16)17/h1-4,6-7H,5H2,(H,16,17)(H2,13,14,15). The molecule has 0 aliphatic rings. The van der Waals surface area contributed by atoms with E-state index in [1.54, 1.807) is 24.3 Å². The van der Waals surface area contributed by atoms with Gasteiger partial charge in [0.15, 0.2) is 5.75 Å². The van der Waals surface area contributed by atoms with Crippen LogP contribution in [0.3, 0.4) is 0 Å². The number of anilines is 1. The Bertz CT molecular complexity index is 537. The van der Waals surface area contributed by atoms with Crippen LogP contribution in [0.1, 0.15) is 5.56 Å². The van der Waals surface area contributed by atoms with E-state index >= 15 is 0 Å². The fraction of sp³-hybridized carbons (Fsp3) is 0.0833. The van der Waals surface area contributed by atoms with Gasteiger partial charge in [0.1, 0.15) is 5.75 Å². The van der Waals surface area contributed by atoms with E-state index in [9.17, 15) is 4.79 Å². The summed E-state index contributed by atoms with van der Waals surface area (Å²) in [6.45, 7) is 0. The predicted octanol–water partition coefficient (Wildman–Crippen LogP) is 1.48. The van der Waals surface area contributed by atoms with Crippen molar-refractivity contribution in [2.45, 2.75) is 6.42 Å². The topological polar surface area (TPSA) is 98.3 Å². The third-order valence-electron chi connectivity index (χ3n) is 2.16. The van der Waals surface area contributed by atoms with Gasteiger partial charge in [-0.05, 0) is 17.7 Å². The van der Waals surface area contributed by atoms with Gasteiger partial charge < -0.3 is 15.6 Å². The van der Waals surface area contributed by atoms with Crippen LogP contribution in [0, 0.1) is 0 Å². The molecule has 0 radical (unpaired) electrons. The molecular weight excluding hydrogens is 234 g/mol. The van der Waals surface area contributed by atoms with Gasteiger partial charge in [0.2, 0.25) is 5.95 Å². The molecule has 0 aliphatic carbocycles. The second-order valence-electron chi connectivity index (χ2n) is 3.59. The lowest BCUT2D eigenvalue weighted by molar-refractivity contribution is -0.136. The number of hydrogen-bond acceptors (Lipinski definition) is 5. The van der Waals surface area contributed by atoms with E-state index in [2.05, 4.69) is 9.97 Å². The SMILES string of the molecule is Nc1ncc(Oc2ccc(CC(=O)O)cc2)cn1. The molecular formula is C12H11N3O3. The maximum atomic E-state index is 10.5. The summed E-state index contributed by atoms with van der Waals surface area (Å²) in [5, 5.41) is 8.64. The van der Waals surface area contributed by atoms with Gasteiger partial charge in [-0.2, -0.15) is 0 Å². The lowest BCUT2D eigenvalue weighted by Gasteiger charge is -2.05. The first-order valence-electron chi connectivity index (χ1n) is 5.19. The van der Waals surface area contributed by atoms with Gasteiger partial charge in [-0.3, -0.25) is 4.79 Å². The maximum absolute atomic E-state index is 10.5. The van der Waals surface area contributed by atoms with Crippen LogP contribution >= 0.6 is 0 Å². The first-order valence-corrected chi connectivity index (χ1v) is 5.19. The van der Waals surface area contributed by atoms with Gasteiger partial charge in [0.05, 0.1) is 18.8 Å². The van der Waals surface area contributed by atoms with Crippen LogP contribution in [0.25, 0.3) is 0 Å². The summed E-state index contributed by atoms with van der Waals surface area (Å²) in [7, 11) is 0. The first-order chi connectivity index (χ1) is 8.63. The van der Waals surface area contributed by atoms with Crippen LogP contribution in [0.5, 0.6) is 11.5 Å². The number of nitrogens with two attached hydrogens (primary N) is 1. The van der Waals surface area contributed by atoms with E-state index < -0.39 is 5.97 Å². The van der Waals surface area contributed by atoms with Crippen molar-refractivity contribution in [3.8, 4) is 11.5 Å². The van der Waals surface area contributed by atoms with Crippen molar-refractivity contribution in [3.63, 3.8) is 0 Å². The van der Waals surface area contributed by atoms with E-state index in [1.165, 1.54) is 12.4 Å². The molecule has 1 heterocycles. The number of carboxylic acids is 1. The summed E-state index contributed by atoms with van der Waals surface area (Å²) in [5.74, 6) is 0.363. The number of nitrogen functional groups attached to an aromatic ring is 1. The third kappa shape index (κ3) is 3.18. The molecule has 0 fully saturated rings. The molecule has 92 valence electrons. The minimum absolute atomic E-state index is 0.00867. The Balaban J connectivity index is 2.06. The predicted molar refractivity (Wildman–Crippen MR) is 64.3 cm³/mol. The number of rotatable bonds is 4. The van der Waals surface area contributed by atoms with E-state index in [1.807, 2.05) is 0 Å². The van der Waals surface area contributed by atoms with E-state index in [-0.39, 0.29) is 12.4 Å². The number of aromatic nitrogens is 2. The molecule has 0 spiro atoms. The lowest BCUT2D eigenvalue weighted by atomic mass is 10.1. The van der Waals surface area contributed by atoms with E-state index in [4.69, 9.17) is 15.6 Å². The zero-order valence-corrected chi connectivity index (χ0v) is 9.41. The molecule has 0 bridgehead atoms. The van der Waals surface area contributed by atoms with Gasteiger partial charge in [-0.1, -0.05) is 12.1 Å². The van der Waals surface area contributed by atoms with Crippen LogP contribution in [0.15, 0.2) is 36.7 Å². The fourth-order valence-electron chi connectivity index (χ4n) is 1.36. The van der Waals surface area contributed by atoms with Gasteiger partial charge in [0.25, 0.3) is 0 Å². The molecule has 0 aliphatic heterocycles. The van der Waals surface area contributed by atoms with Crippen LogP contribution < -0.4 is 10.5 Å². The summed E-state index contributed by atoms with van der Waals surface area (Å²) in [5.41, 5.74) is 6.06. The quantitative estimate of drug-likeness (QED) is 0.846. The fourth-order valence-corrected chi connectivity index (χ4v) is 1.36. The first kappa shape index (κ1) is 11.8. The molecule has 6 heteroatoms. The van der Waals surface area contributed by atoms with Crippen molar-refractivity contribution < 1.29 is 14.6 Å². The smallest absolute Gasteiger partial charge is 0.307 e. The highest BCUT2D eigenvalue weighted by atomic mass is 16.5. The van der Waals surface area contributed by atoms with Crippen LogP contribution in [-0.4, -0.2) is 21.0 Å². The molecule has 0 unspecified atom stereocenters. The lowest BCUT2D eigenvalue weighted by Crippen LogP contribution is -1.99. The largest absolute Gasteiger partial charge is 0.481 e. The van der Waals surface area contributed by atoms with Gasteiger partial charge in [-0.15, -0.1) is 0 Å². The number of carboxylic acid groups (broad SMARTS) is 1. The Hall–Kier alpha value is -2.63. The molecule has 1 aromatic carbocycles. The Kier molecular flexibility index (Phi) is 3.38. The summed E-state index contributed by atoms with van der Waals surface area (Å²) in [6, 6.07) is 6.77. The number of ether oxygens (including phenoxy) is 1. The summed E-state index contributed by atoms with van der Waals surface area (Å²) in [4.78, 5) is 18.1. The molecule has 0 saturated carbocycles. The molecule has 0 atom stereocenters. The minimum Gasteiger partial charge on any atom is -0.481 e. The average Bonchev–Trinajstić information content (AvgIpc) is 2.34. The van der Waals surface area contributed by atoms with E-state index in [0.29, 0.717) is 17.1 Å². The highest BCUT2D eigenvalue weighted by Gasteiger charge is 2.02. The van der Waals surface area contributed by atoms with Crippen LogP contribution in [0.2, 0.25) is 0 Å². The highest BCUT2D eigenvalue weighted by Crippen LogP contribution is 2.20. The minimum atomic E-state index is -0.865. The van der Waals surface area contributed by atoms with E-state index in [0.717, 1.165) is 0 Å². The second-order valence-corrected chi connectivity index (χ2v) is 3.59. The number of nitrogens with zero attached hydrogens (tertiary/aromatic N) is 2. The van der Waals surface area contributed by atoms with Crippen molar-refractivity contribution in [2.75, 3.05) is 5.73 Å². The number of aliphatic carboxylic acids is 1. The average molecular weight is 245 g/mol. The molecule has 3 N–H and O–H groups in total. The third-order valence-corrected chi connectivity index (χ3v) is 2.16. The van der Waals surface area contributed by atoms with Gasteiger partial charge in [-0.25, -0.2) is 9.97 Å². The van der Waals surface area contributed by atoms with Gasteiger partial charge in [0, 0.05) is 0 Å². The van der Waals surface area contributed by atoms with Crippen molar-refractivity contribution >= 4 is 11.9 Å². The normalized spacial score (nSPS) is 10.0. The zero-order valence-electron chi connectivity index (χ0n) is 9.41. The Morgan fingerprint density at radius 2 is 1.78 bits per heavy atom. The summed E-state index contributed by atoms with van der Waals surface area (Å²) >= 11 is 0. The Morgan fingerprint density at radius 3 is 2.33 bits per heavy atom. The molecule has 2 rings (SSSR count). The molecule has 6 nitrogen and oxygen atoms in total. The molecule has 0 amide bonds. The van der Waals surface area contributed by atoms with Gasteiger partial charge >= 0.3 is 5.97 Å². The van der Waals surface area contributed by atoms with Crippen LogP contribution in [-0.2, 0) is 11.2 Å². The second kappa shape index (κ2) is 5.13. The Labute approximate surface area is 103 Å². The Morgan fingerprint density at radius 1 is 1.17 bits per heavy atom. The zero-order chi connectivity index (χ0) is 13.0. The van der Waals surface area contributed by atoms with Crippen molar-refractivity contribution in [2.24, 2.45) is 0 Å². The maximum Gasteiger partial charge on any atom is 0.307 e. The highest BCUT2D eigenvalue weighted by molar-refractivity contribution is 5.70. The van der Waals surface area contributed by atoms with Crippen LogP contribution in [0.4, 0.5) is 5.95 Å². The summed E-state index contributed by atoms with van der Waals surface area (Å²) in [6.07, 6.45) is 2.92. The number of benzene rings is 1. The molecule has 0 saturated heterocycles. The number of hydrogen-bond donors (Lipinski definition) is 2. The van der Waals surface area contributed by atoms with Crippen molar-refractivity contribution in [1.29, 1.82) is 0 Å². The molecule has 1 aromatic heterocycles. The molecule has 2 aromatic rings. The van der Waals surface area contributed by atoms with Crippen molar-refractivity contribution in [3.05, 3.63) is 42.2 Å². The summed E-state index contributed by atoms with van der Waals surface area (Å²) < 4.78 is 5.47. The number of carbonyl (C=O) groups is 1. The molecule has 18 heavy (non-hydrogen) atoms. The van der Waals surface area contributed by atoms with Crippen molar-refractivity contribution in [1.82, 2.24) is 9.97 Å². The monoisotopic (exact) mass is 245 g/mol.